The Morgan fingerprint density at radius 1 is 1.65 bits per heavy atom. The van der Waals surface area contributed by atoms with Crippen molar-refractivity contribution in [3.63, 3.8) is 0 Å². The number of hydrogen-bond donors (Lipinski definition) is 2. The zero-order valence-electron chi connectivity index (χ0n) is 10.3. The Morgan fingerprint density at radius 2 is 2.41 bits per heavy atom. The fourth-order valence-electron chi connectivity index (χ4n) is 2.17. The van der Waals surface area contributed by atoms with Gasteiger partial charge in [0.05, 0.1) is 6.33 Å². The molecule has 0 aromatic carbocycles. The van der Waals surface area contributed by atoms with Gasteiger partial charge in [-0.05, 0) is 6.42 Å². The number of nitrogens with one attached hydrogen (secondary N) is 1. The third-order valence-electron chi connectivity index (χ3n) is 3.47. The monoisotopic (exact) mass is 237 g/mol. The van der Waals surface area contributed by atoms with E-state index >= 15 is 0 Å². The molecule has 1 aliphatic rings. The number of aliphatic hydroxyl groups excluding tert-OH is 1. The van der Waals surface area contributed by atoms with E-state index in [1.165, 1.54) is 0 Å². The molecule has 1 atom stereocenters. The fourth-order valence-corrected chi connectivity index (χ4v) is 2.17. The first-order valence-electron chi connectivity index (χ1n) is 5.95. The van der Waals surface area contributed by atoms with Crippen LogP contribution in [0.5, 0.6) is 0 Å². The molecular weight excluding hydrogens is 218 g/mol. The normalized spacial score (nSPS) is 24.1. The van der Waals surface area contributed by atoms with E-state index in [0.29, 0.717) is 19.4 Å². The molecule has 5 heteroatoms. The summed E-state index contributed by atoms with van der Waals surface area (Å²) >= 11 is 0. The van der Waals surface area contributed by atoms with E-state index in [4.69, 9.17) is 0 Å². The van der Waals surface area contributed by atoms with E-state index in [-0.39, 0.29) is 11.3 Å². The Balaban J connectivity index is 2.00. The van der Waals surface area contributed by atoms with E-state index in [1.807, 2.05) is 13.8 Å². The molecule has 2 N–H and O–H groups in total. The van der Waals surface area contributed by atoms with E-state index < -0.39 is 6.23 Å². The minimum absolute atomic E-state index is 0.0383. The maximum absolute atomic E-state index is 11.8. The lowest BCUT2D eigenvalue weighted by Gasteiger charge is -2.43. The summed E-state index contributed by atoms with van der Waals surface area (Å²) < 4.78 is 0. The van der Waals surface area contributed by atoms with E-state index in [9.17, 15) is 9.90 Å². The van der Waals surface area contributed by atoms with E-state index in [2.05, 4.69) is 9.97 Å². The van der Waals surface area contributed by atoms with E-state index in [1.54, 1.807) is 17.4 Å². The highest BCUT2D eigenvalue weighted by atomic mass is 16.3. The quantitative estimate of drug-likeness (QED) is 0.821. The summed E-state index contributed by atoms with van der Waals surface area (Å²) in [4.78, 5) is 20.3. The summed E-state index contributed by atoms with van der Waals surface area (Å²) in [5.74, 6) is 0.0383. The summed E-state index contributed by atoms with van der Waals surface area (Å²) in [7, 11) is 0. The number of amides is 1. The first-order valence-corrected chi connectivity index (χ1v) is 5.95. The van der Waals surface area contributed by atoms with Crippen LogP contribution in [0.2, 0.25) is 0 Å². The van der Waals surface area contributed by atoms with Crippen molar-refractivity contribution in [3.8, 4) is 0 Å². The van der Waals surface area contributed by atoms with E-state index in [0.717, 1.165) is 12.1 Å². The SMILES string of the molecule is CC1(C)CCC(=O)N(CCc2cnc[nH]2)C1O. The number of aromatic nitrogens is 2. The maximum Gasteiger partial charge on any atom is 0.224 e. The Kier molecular flexibility index (Phi) is 3.19. The van der Waals surface area contributed by atoms with Gasteiger partial charge >= 0.3 is 0 Å². The van der Waals surface area contributed by atoms with Crippen LogP contribution in [-0.4, -0.2) is 38.7 Å². The lowest BCUT2D eigenvalue weighted by atomic mass is 9.81. The third-order valence-corrected chi connectivity index (χ3v) is 3.47. The number of aromatic amines is 1. The highest BCUT2D eigenvalue weighted by Crippen LogP contribution is 2.34. The van der Waals surface area contributed by atoms with Crippen molar-refractivity contribution < 1.29 is 9.90 Å². The molecule has 0 spiro atoms. The van der Waals surface area contributed by atoms with Crippen LogP contribution in [0.15, 0.2) is 12.5 Å². The first-order chi connectivity index (χ1) is 8.00. The smallest absolute Gasteiger partial charge is 0.224 e. The molecule has 0 bridgehead atoms. The first kappa shape index (κ1) is 12.1. The molecular formula is C12H19N3O2. The molecule has 1 fully saturated rings. The molecule has 1 aromatic heterocycles. The number of H-pyrrole nitrogens is 1. The summed E-state index contributed by atoms with van der Waals surface area (Å²) in [6, 6.07) is 0. The van der Waals surface area contributed by atoms with Gasteiger partial charge < -0.3 is 15.0 Å². The van der Waals surface area contributed by atoms with Crippen LogP contribution in [0.25, 0.3) is 0 Å². The molecule has 0 saturated carbocycles. The van der Waals surface area contributed by atoms with Crippen LogP contribution < -0.4 is 0 Å². The van der Waals surface area contributed by atoms with Crippen molar-refractivity contribution >= 4 is 5.91 Å². The Hall–Kier alpha value is -1.36. The lowest BCUT2D eigenvalue weighted by molar-refractivity contribution is -0.162. The Bertz CT molecular complexity index is 386. The number of carbonyl (C=O) groups excluding carboxylic acids is 1. The van der Waals surface area contributed by atoms with Gasteiger partial charge in [0.2, 0.25) is 5.91 Å². The highest BCUT2D eigenvalue weighted by molar-refractivity contribution is 5.77. The Labute approximate surface area is 101 Å². The number of carbonyl (C=O) groups is 1. The molecule has 0 radical (unpaired) electrons. The Morgan fingerprint density at radius 3 is 3.06 bits per heavy atom. The lowest BCUT2D eigenvalue weighted by Crippen LogP contribution is -2.53. The zero-order chi connectivity index (χ0) is 12.5. The number of piperidine rings is 1. The van der Waals surface area contributed by atoms with Gasteiger partial charge in [0.15, 0.2) is 0 Å². The summed E-state index contributed by atoms with van der Waals surface area (Å²) in [5, 5.41) is 10.2. The molecule has 1 aliphatic heterocycles. The van der Waals surface area contributed by atoms with Crippen LogP contribution in [0.1, 0.15) is 32.4 Å². The second-order valence-electron chi connectivity index (χ2n) is 5.28. The summed E-state index contributed by atoms with van der Waals surface area (Å²) in [5.41, 5.74) is 0.760. The topological polar surface area (TPSA) is 69.2 Å². The van der Waals surface area contributed by atoms with Crippen LogP contribution in [-0.2, 0) is 11.2 Å². The molecule has 17 heavy (non-hydrogen) atoms. The van der Waals surface area contributed by atoms with Crippen molar-refractivity contribution in [2.75, 3.05) is 6.54 Å². The fraction of sp³-hybridized carbons (Fsp3) is 0.667. The van der Waals surface area contributed by atoms with Crippen LogP contribution >= 0.6 is 0 Å². The molecule has 1 amide bonds. The van der Waals surface area contributed by atoms with Crippen LogP contribution in [0.3, 0.4) is 0 Å². The van der Waals surface area contributed by atoms with Crippen LogP contribution in [0.4, 0.5) is 0 Å². The van der Waals surface area contributed by atoms with Gasteiger partial charge in [-0.25, -0.2) is 4.98 Å². The van der Waals surface area contributed by atoms with Gasteiger partial charge in [-0.3, -0.25) is 4.79 Å². The van der Waals surface area contributed by atoms with Crippen molar-refractivity contribution in [1.82, 2.24) is 14.9 Å². The maximum atomic E-state index is 11.8. The molecule has 1 saturated heterocycles. The number of hydrogen-bond acceptors (Lipinski definition) is 3. The van der Waals surface area contributed by atoms with Gasteiger partial charge in [-0.15, -0.1) is 0 Å². The molecule has 94 valence electrons. The van der Waals surface area contributed by atoms with Crippen molar-refractivity contribution in [2.24, 2.45) is 5.41 Å². The number of rotatable bonds is 3. The highest BCUT2D eigenvalue weighted by Gasteiger charge is 2.39. The second kappa shape index (κ2) is 4.49. The average Bonchev–Trinajstić information content (AvgIpc) is 2.77. The summed E-state index contributed by atoms with van der Waals surface area (Å²) in [6.07, 6.45) is 4.63. The second-order valence-corrected chi connectivity index (χ2v) is 5.28. The predicted molar refractivity (Wildman–Crippen MR) is 63.0 cm³/mol. The number of likely N-dealkylation sites (tertiary alicyclic amines) is 1. The minimum atomic E-state index is -0.688. The van der Waals surface area contributed by atoms with Crippen molar-refractivity contribution in [3.05, 3.63) is 18.2 Å². The molecule has 5 nitrogen and oxygen atoms in total. The third kappa shape index (κ3) is 2.49. The summed E-state index contributed by atoms with van der Waals surface area (Å²) in [6.45, 7) is 4.52. The molecule has 1 unspecified atom stereocenters. The van der Waals surface area contributed by atoms with Crippen molar-refractivity contribution in [2.45, 2.75) is 39.3 Å². The number of nitrogens with zero attached hydrogens (tertiary/aromatic N) is 2. The molecule has 2 rings (SSSR count). The number of imidazole rings is 1. The molecule has 0 aliphatic carbocycles. The van der Waals surface area contributed by atoms with Gasteiger partial charge in [0.1, 0.15) is 6.23 Å². The standard InChI is InChI=1S/C12H19N3O2/c1-12(2)5-3-10(16)15(11(12)17)6-4-9-7-13-8-14-9/h7-8,11,17H,3-6H2,1-2H3,(H,13,14). The van der Waals surface area contributed by atoms with Crippen LogP contribution in [0, 0.1) is 5.41 Å². The van der Waals surface area contributed by atoms with Gasteiger partial charge in [-0.1, -0.05) is 13.8 Å². The number of aliphatic hydroxyl groups is 1. The zero-order valence-corrected chi connectivity index (χ0v) is 10.3. The molecule has 2 heterocycles. The average molecular weight is 237 g/mol. The minimum Gasteiger partial charge on any atom is -0.373 e. The van der Waals surface area contributed by atoms with Gasteiger partial charge in [0, 0.05) is 36.7 Å². The van der Waals surface area contributed by atoms with Gasteiger partial charge in [0.25, 0.3) is 0 Å². The van der Waals surface area contributed by atoms with Crippen molar-refractivity contribution in [1.29, 1.82) is 0 Å². The molecule has 1 aromatic rings. The largest absolute Gasteiger partial charge is 0.373 e. The van der Waals surface area contributed by atoms with Gasteiger partial charge in [-0.2, -0.15) is 0 Å². The predicted octanol–water partition coefficient (Wildman–Crippen LogP) is 0.919.